The number of aryl methyl sites for hydroxylation is 1. The highest BCUT2D eigenvalue weighted by atomic mass is 19.1. The third kappa shape index (κ3) is 6.45. The monoisotopic (exact) mass is 375 g/mol. The molecule has 0 saturated heterocycles. The summed E-state index contributed by atoms with van der Waals surface area (Å²) in [6, 6.07) is 10.3. The molecule has 2 aromatic rings. The maximum absolute atomic E-state index is 13.4. The van der Waals surface area contributed by atoms with Gasteiger partial charge in [0.1, 0.15) is 12.4 Å². The number of benzene rings is 2. The Morgan fingerprint density at radius 1 is 1.11 bits per heavy atom. The van der Waals surface area contributed by atoms with Gasteiger partial charge < -0.3 is 25.2 Å². The van der Waals surface area contributed by atoms with E-state index >= 15 is 0 Å². The highest BCUT2D eigenvalue weighted by Crippen LogP contribution is 2.20. The molecule has 2 rings (SSSR count). The van der Waals surface area contributed by atoms with E-state index < -0.39 is 5.82 Å². The summed E-state index contributed by atoms with van der Waals surface area (Å²) in [5, 5.41) is 15.6. The van der Waals surface area contributed by atoms with Gasteiger partial charge in [-0.1, -0.05) is 18.2 Å². The average molecular weight is 375 g/mol. The molecule has 0 aliphatic rings. The van der Waals surface area contributed by atoms with Gasteiger partial charge in [0.15, 0.2) is 17.5 Å². The normalized spacial score (nSPS) is 11.3. The summed E-state index contributed by atoms with van der Waals surface area (Å²) in [7, 11) is 3.30. The fourth-order valence-corrected chi connectivity index (χ4v) is 2.42. The number of ether oxygens (including phenoxy) is 2. The zero-order chi connectivity index (χ0) is 19.6. The summed E-state index contributed by atoms with van der Waals surface area (Å²) in [6.45, 7) is 3.91. The molecule has 0 aromatic heterocycles. The van der Waals surface area contributed by atoms with Crippen molar-refractivity contribution >= 4 is 5.96 Å². The number of rotatable bonds is 8. The van der Waals surface area contributed by atoms with Crippen LogP contribution in [0.2, 0.25) is 0 Å². The summed E-state index contributed by atoms with van der Waals surface area (Å²) in [5.41, 5.74) is 2.81. The first-order valence-corrected chi connectivity index (χ1v) is 8.66. The number of hydrogen-bond donors (Lipinski definition) is 3. The molecule has 0 atom stereocenters. The van der Waals surface area contributed by atoms with Gasteiger partial charge in [-0.25, -0.2) is 4.39 Å². The number of nitrogens with zero attached hydrogens (tertiary/aromatic N) is 1. The van der Waals surface area contributed by atoms with Gasteiger partial charge in [0.25, 0.3) is 0 Å². The molecule has 27 heavy (non-hydrogen) atoms. The fraction of sp³-hybridized carbons (Fsp3) is 0.350. The van der Waals surface area contributed by atoms with Crippen LogP contribution in [0.15, 0.2) is 41.4 Å². The van der Waals surface area contributed by atoms with Gasteiger partial charge in [-0.05, 0) is 36.2 Å². The molecule has 7 heteroatoms. The smallest absolute Gasteiger partial charge is 0.191 e. The second-order valence-corrected chi connectivity index (χ2v) is 6.02. The van der Waals surface area contributed by atoms with Gasteiger partial charge in [0.2, 0.25) is 0 Å². The lowest BCUT2D eigenvalue weighted by Gasteiger charge is -2.15. The molecule has 6 nitrogen and oxygen atoms in total. The Bertz CT molecular complexity index is 781. The van der Waals surface area contributed by atoms with Crippen LogP contribution in [-0.2, 0) is 17.8 Å². The lowest BCUT2D eigenvalue weighted by atomic mass is 10.1. The molecular weight excluding hydrogens is 349 g/mol. The Labute approximate surface area is 159 Å². The molecule has 0 aliphatic carbocycles. The quantitative estimate of drug-likeness (QED) is 0.376. The third-order valence-corrected chi connectivity index (χ3v) is 3.91. The largest absolute Gasteiger partial charge is 0.505 e. The van der Waals surface area contributed by atoms with Gasteiger partial charge >= 0.3 is 0 Å². The van der Waals surface area contributed by atoms with Crippen LogP contribution in [0.25, 0.3) is 0 Å². The first kappa shape index (κ1) is 20.5. The minimum atomic E-state index is -0.644. The minimum Gasteiger partial charge on any atom is -0.505 e. The van der Waals surface area contributed by atoms with Crippen molar-refractivity contribution < 1.29 is 19.0 Å². The van der Waals surface area contributed by atoms with Crippen LogP contribution in [-0.4, -0.2) is 38.4 Å². The zero-order valence-corrected chi connectivity index (χ0v) is 15.9. The molecule has 0 bridgehead atoms. The Balaban J connectivity index is 1.94. The Morgan fingerprint density at radius 2 is 1.89 bits per heavy atom. The Kier molecular flexibility index (Phi) is 7.88. The van der Waals surface area contributed by atoms with E-state index in [2.05, 4.69) is 15.6 Å². The van der Waals surface area contributed by atoms with Crippen molar-refractivity contribution in [2.75, 3.05) is 27.4 Å². The number of nitrogens with one attached hydrogen (secondary N) is 2. The average Bonchev–Trinajstić information content (AvgIpc) is 2.66. The first-order chi connectivity index (χ1) is 13.0. The van der Waals surface area contributed by atoms with Crippen LogP contribution >= 0.6 is 0 Å². The molecule has 2 aromatic carbocycles. The predicted octanol–water partition coefficient (Wildman–Crippen LogP) is 2.73. The molecule has 3 N–H and O–H groups in total. The number of phenolic OH excluding ortho intramolecular Hbond substituents is 1. The van der Waals surface area contributed by atoms with E-state index in [1.165, 1.54) is 12.1 Å². The molecule has 0 heterocycles. The summed E-state index contributed by atoms with van der Waals surface area (Å²) < 4.78 is 24.2. The van der Waals surface area contributed by atoms with Crippen LogP contribution in [0.5, 0.6) is 11.5 Å². The lowest BCUT2D eigenvalue weighted by molar-refractivity contribution is 0.145. The van der Waals surface area contributed by atoms with Crippen molar-refractivity contribution in [2.45, 2.75) is 20.0 Å². The maximum Gasteiger partial charge on any atom is 0.191 e. The Hall–Kier alpha value is -2.80. The summed E-state index contributed by atoms with van der Waals surface area (Å²) in [5.74, 6) is 0.374. The lowest BCUT2D eigenvalue weighted by Crippen LogP contribution is -2.36. The van der Waals surface area contributed by atoms with Crippen molar-refractivity contribution in [3.63, 3.8) is 0 Å². The van der Waals surface area contributed by atoms with E-state index in [0.717, 1.165) is 16.9 Å². The van der Waals surface area contributed by atoms with Crippen molar-refractivity contribution in [3.8, 4) is 11.5 Å². The van der Waals surface area contributed by atoms with Crippen LogP contribution in [0.4, 0.5) is 4.39 Å². The third-order valence-electron chi connectivity index (χ3n) is 3.91. The van der Waals surface area contributed by atoms with Crippen LogP contribution in [0.3, 0.4) is 0 Å². The van der Waals surface area contributed by atoms with E-state index in [1.54, 1.807) is 20.2 Å². The standard InChI is InChI=1S/C20H26FN3O3/c1-14-4-6-16(19(10-14)27-9-8-26-3)13-24-20(22-2)23-12-15-5-7-18(25)17(21)11-15/h4-7,10-11,25H,8-9,12-13H2,1-3H3,(H2,22,23,24). The number of hydrogen-bond acceptors (Lipinski definition) is 4. The van der Waals surface area contributed by atoms with E-state index in [1.807, 2.05) is 25.1 Å². The van der Waals surface area contributed by atoms with Gasteiger partial charge in [-0.2, -0.15) is 0 Å². The molecule has 0 spiro atoms. The SMILES string of the molecule is CN=C(NCc1ccc(O)c(F)c1)NCc1ccc(C)cc1OCCOC. The topological polar surface area (TPSA) is 75.1 Å². The number of methoxy groups -OCH3 is 1. The van der Waals surface area contributed by atoms with E-state index in [0.29, 0.717) is 37.8 Å². The van der Waals surface area contributed by atoms with Gasteiger partial charge in [-0.3, -0.25) is 4.99 Å². The number of aliphatic imine (C=N–C) groups is 1. The number of guanidine groups is 1. The maximum atomic E-state index is 13.4. The van der Waals surface area contributed by atoms with Crippen LogP contribution in [0, 0.1) is 12.7 Å². The summed E-state index contributed by atoms with van der Waals surface area (Å²) >= 11 is 0. The highest BCUT2D eigenvalue weighted by molar-refractivity contribution is 5.79. The van der Waals surface area contributed by atoms with Crippen molar-refractivity contribution in [1.29, 1.82) is 0 Å². The fourth-order valence-electron chi connectivity index (χ4n) is 2.42. The molecule has 0 amide bonds. The minimum absolute atomic E-state index is 0.360. The van der Waals surface area contributed by atoms with Crippen molar-refractivity contribution in [2.24, 2.45) is 4.99 Å². The van der Waals surface area contributed by atoms with E-state index in [9.17, 15) is 9.50 Å². The van der Waals surface area contributed by atoms with Gasteiger partial charge in [0.05, 0.1) is 6.61 Å². The number of phenols is 1. The summed E-state index contributed by atoms with van der Waals surface area (Å²) in [6.07, 6.45) is 0. The molecule has 0 fully saturated rings. The second-order valence-electron chi connectivity index (χ2n) is 6.02. The second kappa shape index (κ2) is 10.4. The van der Waals surface area contributed by atoms with Gasteiger partial charge in [-0.15, -0.1) is 0 Å². The molecule has 146 valence electrons. The van der Waals surface area contributed by atoms with Crippen molar-refractivity contribution in [1.82, 2.24) is 10.6 Å². The highest BCUT2D eigenvalue weighted by Gasteiger charge is 2.07. The van der Waals surface area contributed by atoms with Crippen LogP contribution < -0.4 is 15.4 Å². The summed E-state index contributed by atoms with van der Waals surface area (Å²) in [4.78, 5) is 4.17. The zero-order valence-electron chi connectivity index (χ0n) is 15.9. The van der Waals surface area contributed by atoms with E-state index in [4.69, 9.17) is 9.47 Å². The number of halogens is 1. The van der Waals surface area contributed by atoms with Crippen molar-refractivity contribution in [3.05, 3.63) is 58.9 Å². The Morgan fingerprint density at radius 3 is 2.59 bits per heavy atom. The van der Waals surface area contributed by atoms with E-state index in [-0.39, 0.29) is 5.75 Å². The molecule has 0 radical (unpaired) electrons. The molecule has 0 aliphatic heterocycles. The van der Waals surface area contributed by atoms with Gasteiger partial charge in [0, 0.05) is 32.8 Å². The molecule has 0 unspecified atom stereocenters. The number of aromatic hydroxyl groups is 1. The van der Waals surface area contributed by atoms with Crippen LogP contribution in [0.1, 0.15) is 16.7 Å². The predicted molar refractivity (Wildman–Crippen MR) is 104 cm³/mol. The molecular formula is C20H26FN3O3. The molecule has 0 saturated carbocycles. The first-order valence-electron chi connectivity index (χ1n) is 8.66.